The third-order valence-electron chi connectivity index (χ3n) is 5.07. The SMILES string of the molecule is Cc1ccc(NC(=O)CN2CCC(C(=O)NCc3ccccc3Cl)CC2)cc1. The minimum absolute atomic E-state index is 0.0149. The van der Waals surface area contributed by atoms with Crippen molar-refractivity contribution >= 4 is 29.1 Å². The van der Waals surface area contributed by atoms with Crippen LogP contribution in [0, 0.1) is 12.8 Å². The van der Waals surface area contributed by atoms with Crippen LogP contribution in [0.3, 0.4) is 0 Å². The van der Waals surface area contributed by atoms with Crippen molar-refractivity contribution in [1.82, 2.24) is 10.2 Å². The number of carbonyl (C=O) groups is 2. The van der Waals surface area contributed by atoms with Gasteiger partial charge < -0.3 is 10.6 Å². The summed E-state index contributed by atoms with van der Waals surface area (Å²) in [5.74, 6) is 0.0213. The maximum Gasteiger partial charge on any atom is 0.238 e. The number of aryl methyl sites for hydroxylation is 1. The fraction of sp³-hybridized carbons (Fsp3) is 0.364. The molecule has 1 aliphatic rings. The van der Waals surface area contributed by atoms with Crippen LogP contribution in [0.25, 0.3) is 0 Å². The highest BCUT2D eigenvalue weighted by atomic mass is 35.5. The van der Waals surface area contributed by atoms with Gasteiger partial charge in [-0.1, -0.05) is 47.5 Å². The second kappa shape index (κ2) is 9.71. The Balaban J connectivity index is 1.40. The number of likely N-dealkylation sites (tertiary alicyclic amines) is 1. The molecule has 5 nitrogen and oxygen atoms in total. The zero-order valence-electron chi connectivity index (χ0n) is 16.1. The van der Waals surface area contributed by atoms with Crippen molar-refractivity contribution in [2.45, 2.75) is 26.3 Å². The second-order valence-corrected chi connectivity index (χ2v) is 7.68. The van der Waals surface area contributed by atoms with Crippen LogP contribution < -0.4 is 10.6 Å². The highest BCUT2D eigenvalue weighted by Crippen LogP contribution is 2.19. The molecule has 0 atom stereocenters. The number of nitrogens with zero attached hydrogens (tertiary/aromatic N) is 1. The van der Waals surface area contributed by atoms with Crippen LogP contribution in [0.15, 0.2) is 48.5 Å². The van der Waals surface area contributed by atoms with Gasteiger partial charge in [0, 0.05) is 23.2 Å². The highest BCUT2D eigenvalue weighted by Gasteiger charge is 2.25. The Morgan fingerprint density at radius 3 is 2.43 bits per heavy atom. The molecule has 6 heteroatoms. The van der Waals surface area contributed by atoms with Crippen molar-refractivity contribution in [3.05, 3.63) is 64.7 Å². The first-order valence-corrected chi connectivity index (χ1v) is 9.99. The van der Waals surface area contributed by atoms with Gasteiger partial charge in [-0.15, -0.1) is 0 Å². The van der Waals surface area contributed by atoms with Gasteiger partial charge in [-0.3, -0.25) is 14.5 Å². The molecule has 0 unspecified atom stereocenters. The lowest BCUT2D eigenvalue weighted by molar-refractivity contribution is -0.126. The Morgan fingerprint density at radius 2 is 1.75 bits per heavy atom. The van der Waals surface area contributed by atoms with Crippen molar-refractivity contribution in [3.8, 4) is 0 Å². The van der Waals surface area contributed by atoms with Crippen molar-refractivity contribution in [3.63, 3.8) is 0 Å². The molecule has 1 heterocycles. The van der Waals surface area contributed by atoms with Gasteiger partial charge in [-0.05, 0) is 56.6 Å². The Labute approximate surface area is 171 Å². The van der Waals surface area contributed by atoms with E-state index in [0.717, 1.165) is 42.7 Å². The van der Waals surface area contributed by atoms with Gasteiger partial charge >= 0.3 is 0 Å². The van der Waals surface area contributed by atoms with Gasteiger partial charge in [-0.25, -0.2) is 0 Å². The molecule has 0 saturated carbocycles. The van der Waals surface area contributed by atoms with E-state index < -0.39 is 0 Å². The molecule has 2 aromatic rings. The van der Waals surface area contributed by atoms with Crippen LogP contribution >= 0.6 is 11.6 Å². The Hall–Kier alpha value is -2.37. The van der Waals surface area contributed by atoms with Gasteiger partial charge in [0.05, 0.1) is 6.54 Å². The molecule has 1 saturated heterocycles. The Morgan fingerprint density at radius 1 is 1.07 bits per heavy atom. The number of hydrogen-bond acceptors (Lipinski definition) is 3. The van der Waals surface area contributed by atoms with Crippen molar-refractivity contribution in [2.75, 3.05) is 25.0 Å². The number of halogens is 1. The molecule has 0 bridgehead atoms. The Kier molecular flexibility index (Phi) is 7.06. The van der Waals surface area contributed by atoms with Crippen LogP contribution in [-0.4, -0.2) is 36.3 Å². The first-order valence-electron chi connectivity index (χ1n) is 9.61. The second-order valence-electron chi connectivity index (χ2n) is 7.27. The van der Waals surface area contributed by atoms with E-state index in [9.17, 15) is 9.59 Å². The lowest BCUT2D eigenvalue weighted by Gasteiger charge is -2.30. The number of carbonyl (C=O) groups excluding carboxylic acids is 2. The molecule has 2 N–H and O–H groups in total. The van der Waals surface area contributed by atoms with E-state index >= 15 is 0 Å². The quantitative estimate of drug-likeness (QED) is 0.779. The molecule has 2 aromatic carbocycles. The summed E-state index contributed by atoms with van der Waals surface area (Å²) in [6.07, 6.45) is 1.51. The maximum atomic E-state index is 12.4. The number of anilines is 1. The van der Waals surface area contributed by atoms with Gasteiger partial charge in [0.2, 0.25) is 11.8 Å². The van der Waals surface area contributed by atoms with E-state index in [-0.39, 0.29) is 17.7 Å². The maximum absolute atomic E-state index is 12.4. The van der Waals surface area contributed by atoms with E-state index in [1.807, 2.05) is 55.5 Å². The van der Waals surface area contributed by atoms with E-state index in [1.165, 1.54) is 0 Å². The van der Waals surface area contributed by atoms with E-state index in [2.05, 4.69) is 15.5 Å². The molecular formula is C22H26ClN3O2. The number of rotatable bonds is 6. The van der Waals surface area contributed by atoms with E-state index in [4.69, 9.17) is 11.6 Å². The summed E-state index contributed by atoms with van der Waals surface area (Å²) in [6, 6.07) is 15.3. The zero-order chi connectivity index (χ0) is 19.9. The molecule has 1 fully saturated rings. The lowest BCUT2D eigenvalue weighted by atomic mass is 9.96. The number of amides is 2. The summed E-state index contributed by atoms with van der Waals surface area (Å²) in [5, 5.41) is 6.57. The molecule has 148 valence electrons. The third kappa shape index (κ3) is 5.81. The third-order valence-corrected chi connectivity index (χ3v) is 5.44. The summed E-state index contributed by atoms with van der Waals surface area (Å²) in [4.78, 5) is 26.8. The Bertz CT molecular complexity index is 815. The predicted molar refractivity (Wildman–Crippen MR) is 112 cm³/mol. The molecule has 28 heavy (non-hydrogen) atoms. The predicted octanol–water partition coefficient (Wildman–Crippen LogP) is 3.62. The molecule has 0 radical (unpaired) electrons. The van der Waals surface area contributed by atoms with Crippen molar-refractivity contribution in [1.29, 1.82) is 0 Å². The summed E-state index contributed by atoms with van der Waals surface area (Å²) in [6.45, 7) is 4.29. The summed E-state index contributed by atoms with van der Waals surface area (Å²) in [5.41, 5.74) is 2.89. The largest absolute Gasteiger partial charge is 0.352 e. The average Bonchev–Trinajstić information content (AvgIpc) is 2.69. The molecule has 0 aliphatic carbocycles. The average molecular weight is 400 g/mol. The van der Waals surface area contributed by atoms with Gasteiger partial charge in [0.25, 0.3) is 0 Å². The number of nitrogens with one attached hydrogen (secondary N) is 2. The summed E-state index contributed by atoms with van der Waals surface area (Å²) in [7, 11) is 0. The van der Waals surface area contributed by atoms with Crippen molar-refractivity contribution < 1.29 is 9.59 Å². The summed E-state index contributed by atoms with van der Waals surface area (Å²) < 4.78 is 0. The van der Waals surface area contributed by atoms with Crippen LogP contribution in [0.1, 0.15) is 24.0 Å². The van der Waals surface area contributed by atoms with Gasteiger partial charge in [-0.2, -0.15) is 0 Å². The first-order chi connectivity index (χ1) is 13.5. The molecule has 1 aliphatic heterocycles. The fourth-order valence-corrected chi connectivity index (χ4v) is 3.56. The first kappa shape index (κ1) is 20.4. The molecule has 3 rings (SSSR count). The lowest BCUT2D eigenvalue weighted by Crippen LogP contribution is -2.43. The number of hydrogen-bond donors (Lipinski definition) is 2. The van der Waals surface area contributed by atoms with Crippen LogP contribution in [0.4, 0.5) is 5.69 Å². The topological polar surface area (TPSA) is 61.4 Å². The number of piperidine rings is 1. The standard InChI is InChI=1S/C22H26ClN3O2/c1-16-6-8-19(9-7-16)25-21(27)15-26-12-10-17(11-13-26)22(28)24-14-18-4-2-3-5-20(18)23/h2-9,17H,10-15H2,1H3,(H,24,28)(H,25,27). The van der Waals surface area contributed by atoms with Crippen LogP contribution in [0.5, 0.6) is 0 Å². The fourth-order valence-electron chi connectivity index (χ4n) is 3.36. The molecule has 0 spiro atoms. The summed E-state index contributed by atoms with van der Waals surface area (Å²) >= 11 is 6.13. The molecule has 2 amide bonds. The minimum Gasteiger partial charge on any atom is -0.352 e. The molecular weight excluding hydrogens is 374 g/mol. The zero-order valence-corrected chi connectivity index (χ0v) is 16.8. The van der Waals surface area contributed by atoms with E-state index in [0.29, 0.717) is 18.1 Å². The van der Waals surface area contributed by atoms with Gasteiger partial charge in [0.15, 0.2) is 0 Å². The monoisotopic (exact) mass is 399 g/mol. The minimum atomic E-state index is -0.0227. The highest BCUT2D eigenvalue weighted by molar-refractivity contribution is 6.31. The molecule has 0 aromatic heterocycles. The van der Waals surface area contributed by atoms with Gasteiger partial charge in [0.1, 0.15) is 0 Å². The smallest absolute Gasteiger partial charge is 0.238 e. The number of benzene rings is 2. The van der Waals surface area contributed by atoms with Crippen molar-refractivity contribution in [2.24, 2.45) is 5.92 Å². The van der Waals surface area contributed by atoms with Crippen LogP contribution in [-0.2, 0) is 16.1 Å². The van der Waals surface area contributed by atoms with Crippen LogP contribution in [0.2, 0.25) is 5.02 Å². The van der Waals surface area contributed by atoms with E-state index in [1.54, 1.807) is 0 Å². The normalized spacial score (nSPS) is 15.2.